The van der Waals surface area contributed by atoms with Gasteiger partial charge in [0, 0.05) is 7.05 Å². The van der Waals surface area contributed by atoms with Gasteiger partial charge in [-0.3, -0.25) is 0 Å². The lowest BCUT2D eigenvalue weighted by Gasteiger charge is -2.26. The highest BCUT2D eigenvalue weighted by molar-refractivity contribution is 7.87. The third kappa shape index (κ3) is 6.11. The molecule has 2 aromatic carbocycles. The third-order valence-electron chi connectivity index (χ3n) is 4.04. The molecular weight excluding hydrogens is 477 g/mol. The summed E-state index contributed by atoms with van der Waals surface area (Å²) in [5.74, 6) is -13.1. The van der Waals surface area contributed by atoms with Gasteiger partial charge in [0.2, 0.25) is 5.82 Å². The van der Waals surface area contributed by atoms with Crippen molar-refractivity contribution in [1.29, 1.82) is 0 Å². The molecule has 1 N–H and O–H groups in total. The van der Waals surface area contributed by atoms with Gasteiger partial charge in [-0.25, -0.2) is 26.7 Å². The first kappa shape index (κ1) is 26.3. The quantitative estimate of drug-likeness (QED) is 0.280. The van der Waals surface area contributed by atoms with Crippen molar-refractivity contribution in [3.05, 3.63) is 58.9 Å². The van der Waals surface area contributed by atoms with E-state index in [1.165, 1.54) is 19.2 Å². The minimum Gasteiger partial charge on any atom is -0.444 e. The molecule has 0 aliphatic rings. The van der Waals surface area contributed by atoms with Gasteiger partial charge in [0.1, 0.15) is 11.4 Å². The Morgan fingerprint density at radius 3 is 1.88 bits per heavy atom. The largest absolute Gasteiger partial charge is 0.444 e. The maximum atomic E-state index is 13.8. The lowest BCUT2D eigenvalue weighted by molar-refractivity contribution is 0.0205. The molecule has 182 valence electrons. The molecule has 0 aliphatic heterocycles. The number of rotatable bonds is 6. The molecule has 0 fully saturated rings. The van der Waals surface area contributed by atoms with Gasteiger partial charge in [-0.15, -0.1) is 0 Å². The third-order valence-corrected chi connectivity index (χ3v) is 5.31. The van der Waals surface area contributed by atoms with E-state index < -0.39 is 67.6 Å². The van der Waals surface area contributed by atoms with Crippen LogP contribution in [-0.2, 0) is 14.9 Å². The van der Waals surface area contributed by atoms with Crippen molar-refractivity contribution in [2.75, 3.05) is 13.6 Å². The Labute approximate surface area is 186 Å². The first-order valence-corrected chi connectivity index (χ1v) is 10.6. The summed E-state index contributed by atoms with van der Waals surface area (Å²) in [4.78, 5) is 10.9. The van der Waals surface area contributed by atoms with E-state index in [-0.39, 0.29) is 12.1 Å². The maximum Gasteiger partial charge on any atom is 0.410 e. The molecule has 0 spiro atoms. The van der Waals surface area contributed by atoms with Crippen molar-refractivity contribution in [3.63, 3.8) is 0 Å². The fourth-order valence-corrected chi connectivity index (χ4v) is 3.56. The number of ether oxygens (including phenoxy) is 1. The van der Waals surface area contributed by atoms with Crippen LogP contribution in [0, 0.1) is 29.1 Å². The topological polar surface area (TPSA) is 93.1 Å². The van der Waals surface area contributed by atoms with Gasteiger partial charge in [0.25, 0.3) is 0 Å². The number of aliphatic hydroxyl groups excluding tert-OH is 1. The number of hydrogen-bond acceptors (Lipinski definition) is 6. The van der Waals surface area contributed by atoms with Crippen LogP contribution in [0.25, 0.3) is 0 Å². The molecule has 7 nitrogen and oxygen atoms in total. The predicted octanol–water partition coefficient (Wildman–Crippen LogP) is 4.05. The molecule has 0 aliphatic carbocycles. The average Bonchev–Trinajstić information content (AvgIpc) is 2.69. The summed E-state index contributed by atoms with van der Waals surface area (Å²) < 4.78 is 101. The van der Waals surface area contributed by atoms with Crippen molar-refractivity contribution in [2.45, 2.75) is 37.4 Å². The highest BCUT2D eigenvalue weighted by atomic mass is 32.2. The Morgan fingerprint density at radius 1 is 0.970 bits per heavy atom. The van der Waals surface area contributed by atoms with Gasteiger partial charge < -0.3 is 18.9 Å². The molecule has 1 unspecified atom stereocenters. The Kier molecular flexibility index (Phi) is 7.59. The Bertz CT molecular complexity index is 1120. The monoisotopic (exact) mass is 497 g/mol. The highest BCUT2D eigenvalue weighted by Gasteiger charge is 2.35. The highest BCUT2D eigenvalue weighted by Crippen LogP contribution is 2.29. The summed E-state index contributed by atoms with van der Waals surface area (Å²) in [5, 5.41) is 10.3. The van der Waals surface area contributed by atoms with Crippen molar-refractivity contribution in [2.24, 2.45) is 0 Å². The summed E-state index contributed by atoms with van der Waals surface area (Å²) in [6, 6.07) is 4.32. The Hall–Kier alpha value is -2.93. The molecule has 1 atom stereocenters. The van der Waals surface area contributed by atoms with E-state index in [1.807, 2.05) is 0 Å². The smallest absolute Gasteiger partial charge is 0.410 e. The van der Waals surface area contributed by atoms with Gasteiger partial charge in [-0.1, -0.05) is 12.1 Å². The lowest BCUT2D eigenvalue weighted by Crippen LogP contribution is -2.36. The number of carbonyl (C=O) groups is 1. The molecule has 2 rings (SSSR count). The van der Waals surface area contributed by atoms with E-state index >= 15 is 0 Å². The summed E-state index contributed by atoms with van der Waals surface area (Å²) in [6.07, 6.45) is -1.93. The first-order valence-electron chi connectivity index (χ1n) is 9.23. The zero-order valence-electron chi connectivity index (χ0n) is 17.8. The van der Waals surface area contributed by atoms with Crippen LogP contribution in [0.5, 0.6) is 5.75 Å². The normalized spacial score (nSPS) is 12.9. The molecule has 0 saturated carbocycles. The summed E-state index contributed by atoms with van der Waals surface area (Å²) in [7, 11) is -4.07. The molecule has 0 heterocycles. The van der Waals surface area contributed by atoms with E-state index in [1.54, 1.807) is 20.8 Å². The number of likely N-dealkylation sites (N-methyl/N-ethyl adjacent to an activating group) is 1. The summed E-state index contributed by atoms with van der Waals surface area (Å²) in [5.41, 5.74) is -0.554. The fourth-order valence-electron chi connectivity index (χ4n) is 2.50. The van der Waals surface area contributed by atoms with Crippen molar-refractivity contribution < 1.29 is 49.2 Å². The summed E-state index contributed by atoms with van der Waals surface area (Å²) >= 11 is 0. The second-order valence-electron chi connectivity index (χ2n) is 7.88. The van der Waals surface area contributed by atoms with Gasteiger partial charge in [0.05, 0.1) is 12.6 Å². The number of benzene rings is 2. The molecule has 0 bridgehead atoms. The van der Waals surface area contributed by atoms with Crippen LogP contribution in [0.15, 0.2) is 29.2 Å². The van der Waals surface area contributed by atoms with Crippen LogP contribution >= 0.6 is 0 Å². The zero-order valence-corrected chi connectivity index (χ0v) is 18.6. The van der Waals surface area contributed by atoms with Crippen LogP contribution in [0.3, 0.4) is 0 Å². The molecule has 33 heavy (non-hydrogen) atoms. The minimum absolute atomic E-state index is 0.196. The fraction of sp³-hybridized carbons (Fsp3) is 0.350. The standard InChI is InChI=1S/C20H20F5NO6S/c1-20(2,3)31-19(28)26(4)9-12(27)10-5-7-11(8-6-10)32-33(29,30)18-16(24)14(22)13(21)15(23)17(18)25/h5-8,12,27H,9H2,1-4H3. The van der Waals surface area contributed by atoms with E-state index in [4.69, 9.17) is 4.74 Å². The van der Waals surface area contributed by atoms with Gasteiger partial charge in [-0.05, 0) is 38.5 Å². The van der Waals surface area contributed by atoms with E-state index in [0.717, 1.165) is 17.0 Å². The van der Waals surface area contributed by atoms with Crippen molar-refractivity contribution in [1.82, 2.24) is 4.90 Å². The average molecular weight is 497 g/mol. The molecule has 1 amide bonds. The van der Waals surface area contributed by atoms with Gasteiger partial charge in [0.15, 0.2) is 28.2 Å². The lowest BCUT2D eigenvalue weighted by atomic mass is 10.1. The number of carbonyl (C=O) groups excluding carboxylic acids is 1. The van der Waals surface area contributed by atoms with Crippen molar-refractivity contribution >= 4 is 16.2 Å². The van der Waals surface area contributed by atoms with E-state index in [2.05, 4.69) is 4.18 Å². The number of halogens is 5. The number of amides is 1. The molecule has 0 aromatic heterocycles. The van der Waals surface area contributed by atoms with E-state index in [0.29, 0.717) is 0 Å². The minimum atomic E-state index is -5.45. The second-order valence-corrected chi connectivity index (χ2v) is 9.37. The SMILES string of the molecule is CN(CC(O)c1ccc(OS(=O)(=O)c2c(F)c(F)c(F)c(F)c2F)cc1)C(=O)OC(C)(C)C. The first-order chi connectivity index (χ1) is 15.0. The molecule has 0 radical (unpaired) electrons. The molecular formula is C20H20F5NO6S. The predicted molar refractivity (Wildman–Crippen MR) is 104 cm³/mol. The summed E-state index contributed by atoms with van der Waals surface area (Å²) in [6.45, 7) is 4.79. The molecule has 13 heteroatoms. The second kappa shape index (κ2) is 9.51. The van der Waals surface area contributed by atoms with Crippen LogP contribution in [0.2, 0.25) is 0 Å². The van der Waals surface area contributed by atoms with Crippen LogP contribution in [0.1, 0.15) is 32.4 Å². The van der Waals surface area contributed by atoms with Crippen LogP contribution in [-0.4, -0.2) is 43.7 Å². The van der Waals surface area contributed by atoms with Crippen LogP contribution < -0.4 is 4.18 Å². The van der Waals surface area contributed by atoms with Crippen LogP contribution in [0.4, 0.5) is 26.7 Å². The van der Waals surface area contributed by atoms with Gasteiger partial charge in [-0.2, -0.15) is 8.42 Å². The Balaban J connectivity index is 2.19. The number of nitrogens with zero attached hydrogens (tertiary/aromatic N) is 1. The van der Waals surface area contributed by atoms with E-state index in [9.17, 15) is 40.3 Å². The number of hydrogen-bond donors (Lipinski definition) is 1. The molecule has 2 aromatic rings. The zero-order chi connectivity index (χ0) is 25.3. The molecule has 0 saturated heterocycles. The Morgan fingerprint density at radius 2 is 1.42 bits per heavy atom. The number of aliphatic hydroxyl groups is 1. The van der Waals surface area contributed by atoms with Crippen molar-refractivity contribution in [3.8, 4) is 5.75 Å². The van der Waals surface area contributed by atoms with Gasteiger partial charge >= 0.3 is 16.2 Å². The maximum absolute atomic E-state index is 13.8.